The third-order valence-electron chi connectivity index (χ3n) is 6.97. The highest BCUT2D eigenvalue weighted by Crippen LogP contribution is 2.49. The van der Waals surface area contributed by atoms with Crippen LogP contribution in [0.15, 0.2) is 48.7 Å². The van der Waals surface area contributed by atoms with Crippen LogP contribution in [-0.2, 0) is 9.47 Å². The highest BCUT2D eigenvalue weighted by Gasteiger charge is 2.51. The van der Waals surface area contributed by atoms with E-state index in [9.17, 15) is 19.1 Å². The third kappa shape index (κ3) is 4.90. The second-order valence-electron chi connectivity index (χ2n) is 9.60. The zero-order chi connectivity index (χ0) is 28.8. The Morgan fingerprint density at radius 1 is 1.20 bits per heavy atom. The van der Waals surface area contributed by atoms with Gasteiger partial charge < -0.3 is 19.1 Å². The number of carbonyl (C=O) groups excluding carboxylic acids is 1. The smallest absolute Gasteiger partial charge is 0.338 e. The molecule has 2 aromatic heterocycles. The van der Waals surface area contributed by atoms with Crippen molar-refractivity contribution in [2.75, 3.05) is 6.61 Å². The molecule has 0 radical (unpaired) electrons. The molecule has 11 heteroatoms. The van der Waals surface area contributed by atoms with Gasteiger partial charge in [0.1, 0.15) is 18.0 Å². The number of carboxylic acids is 1. The first kappa shape index (κ1) is 27.6. The number of ether oxygens (including phenoxy) is 2. The van der Waals surface area contributed by atoms with E-state index in [4.69, 9.17) is 39.1 Å². The maximum absolute atomic E-state index is 15.0. The molecule has 2 aromatic carbocycles. The molecule has 0 aliphatic carbocycles. The zero-order valence-corrected chi connectivity index (χ0v) is 22.8. The molecule has 204 valence electrons. The average Bonchev–Trinajstić information content (AvgIpc) is 3.45. The van der Waals surface area contributed by atoms with E-state index < -0.39 is 42.1 Å². The second kappa shape index (κ2) is 10.5. The Labute approximate surface area is 238 Å². The summed E-state index contributed by atoms with van der Waals surface area (Å²) in [5.41, 5.74) is 0.924. The minimum Gasteiger partial charge on any atom is -0.478 e. The zero-order valence-electron chi connectivity index (χ0n) is 21.3. The summed E-state index contributed by atoms with van der Waals surface area (Å²) in [6, 6.07) is 11.7. The molecule has 4 aromatic rings. The van der Waals surface area contributed by atoms with Gasteiger partial charge in [0.15, 0.2) is 17.1 Å². The van der Waals surface area contributed by atoms with Crippen molar-refractivity contribution < 1.29 is 28.6 Å². The van der Waals surface area contributed by atoms with Crippen LogP contribution in [-0.4, -0.2) is 43.8 Å². The quantitative estimate of drug-likeness (QED) is 0.126. The number of hydrogen-bond acceptors (Lipinski definition) is 6. The molecule has 1 N–H and O–H groups in total. The summed E-state index contributed by atoms with van der Waals surface area (Å²) < 4.78 is 28.4. The highest BCUT2D eigenvalue weighted by molar-refractivity contribution is 6.35. The van der Waals surface area contributed by atoms with E-state index in [1.54, 1.807) is 36.4 Å². The number of nitrogens with zero attached hydrogens (tertiary/aromatic N) is 3. The maximum atomic E-state index is 15.0. The number of aromatic nitrogens is 3. The molecule has 8 nitrogen and oxygen atoms in total. The van der Waals surface area contributed by atoms with Gasteiger partial charge in [0.2, 0.25) is 5.28 Å². The van der Waals surface area contributed by atoms with Crippen molar-refractivity contribution in [1.82, 2.24) is 14.5 Å². The molecule has 3 heterocycles. The van der Waals surface area contributed by atoms with E-state index in [0.717, 1.165) is 17.3 Å². The molecule has 40 heavy (non-hydrogen) atoms. The molecular weight excluding hydrogens is 560 g/mol. The Kier molecular flexibility index (Phi) is 7.27. The van der Waals surface area contributed by atoms with Crippen molar-refractivity contribution in [3.63, 3.8) is 0 Å². The molecule has 1 saturated heterocycles. The molecule has 0 bridgehead atoms. The van der Waals surface area contributed by atoms with E-state index in [0.29, 0.717) is 11.1 Å². The maximum Gasteiger partial charge on any atom is 0.338 e. The van der Waals surface area contributed by atoms with Gasteiger partial charge in [0.25, 0.3) is 0 Å². The topological polar surface area (TPSA) is 104 Å². The van der Waals surface area contributed by atoms with Crippen LogP contribution in [0.2, 0.25) is 10.4 Å². The van der Waals surface area contributed by atoms with Gasteiger partial charge in [-0.1, -0.05) is 52.9 Å². The number of rotatable bonds is 6. The summed E-state index contributed by atoms with van der Waals surface area (Å²) >= 11 is 12.1. The molecule has 3 atom stereocenters. The van der Waals surface area contributed by atoms with Crippen LogP contribution in [0, 0.1) is 32.0 Å². The summed E-state index contributed by atoms with van der Waals surface area (Å²) in [7, 11) is 0. The number of carboxylic acid groups (broad SMARTS) is 1. The van der Waals surface area contributed by atoms with Crippen molar-refractivity contribution >= 4 is 46.2 Å². The van der Waals surface area contributed by atoms with Crippen LogP contribution in [0.3, 0.4) is 0 Å². The first-order chi connectivity index (χ1) is 19.0. The van der Waals surface area contributed by atoms with Gasteiger partial charge in [-0.2, -0.15) is 4.98 Å². The number of terminal acetylenes is 1. The number of hydrogen-bond donors (Lipinski definition) is 1. The van der Waals surface area contributed by atoms with Crippen LogP contribution in [0.25, 0.3) is 11.0 Å². The third-order valence-corrected chi connectivity index (χ3v) is 7.42. The Hall–Kier alpha value is -3.97. The number of esters is 1. The monoisotopic (exact) mass is 581 g/mol. The van der Waals surface area contributed by atoms with Crippen molar-refractivity contribution in [2.24, 2.45) is 0 Å². The lowest BCUT2D eigenvalue weighted by Crippen LogP contribution is -2.39. The molecular formula is C29H22Cl2FN3O5. The number of carbonyl (C=O) groups is 2. The lowest BCUT2D eigenvalue weighted by Gasteiger charge is -2.30. The molecule has 5 rings (SSSR count). The Morgan fingerprint density at radius 2 is 1.90 bits per heavy atom. The number of halogens is 3. The lowest BCUT2D eigenvalue weighted by molar-refractivity contribution is -0.0719. The van der Waals surface area contributed by atoms with Crippen molar-refractivity contribution in [1.29, 1.82) is 0 Å². The van der Waals surface area contributed by atoms with Crippen molar-refractivity contribution in [3.05, 3.63) is 92.7 Å². The molecule has 0 spiro atoms. The minimum atomic E-state index is -1.61. The van der Waals surface area contributed by atoms with Crippen molar-refractivity contribution in [2.45, 2.75) is 38.0 Å². The second-order valence-corrected chi connectivity index (χ2v) is 10.3. The summed E-state index contributed by atoms with van der Waals surface area (Å²) in [6.07, 6.45) is 6.34. The predicted octanol–water partition coefficient (Wildman–Crippen LogP) is 6.12. The van der Waals surface area contributed by atoms with Gasteiger partial charge in [-0.05, 0) is 49.2 Å². The molecule has 1 aliphatic heterocycles. The standard InChI is InChI=1S/C29H22Cl2FN3O5/c1-4-29(14-39-27(38)17-8-5-15(2)6-9-17)20(19-11-16(3)7-10-18(19)26(36)37)12-22(40-29)35-13-21(32)23-24(30)33-28(31)34-25(23)35/h1,5-11,13,20,22H,12,14H2,2-3H3,(H,36,37). The molecule has 0 saturated carbocycles. The van der Waals surface area contributed by atoms with E-state index in [1.165, 1.54) is 10.6 Å². The van der Waals surface area contributed by atoms with Crippen molar-refractivity contribution in [3.8, 4) is 12.3 Å². The Bertz CT molecular complexity index is 1700. The summed E-state index contributed by atoms with van der Waals surface area (Å²) in [5, 5.41) is 9.52. The van der Waals surface area contributed by atoms with Gasteiger partial charge >= 0.3 is 11.9 Å². The first-order valence-electron chi connectivity index (χ1n) is 12.2. The average molecular weight is 582 g/mol. The predicted molar refractivity (Wildman–Crippen MR) is 146 cm³/mol. The Balaban J connectivity index is 1.60. The van der Waals surface area contributed by atoms with E-state index in [1.807, 2.05) is 13.8 Å². The van der Waals surface area contributed by atoms with Crippen LogP contribution < -0.4 is 0 Å². The fourth-order valence-electron chi connectivity index (χ4n) is 4.99. The molecule has 1 fully saturated rings. The largest absolute Gasteiger partial charge is 0.478 e. The van der Waals surface area contributed by atoms with Gasteiger partial charge in [0.05, 0.1) is 16.5 Å². The van der Waals surface area contributed by atoms with E-state index in [-0.39, 0.29) is 33.5 Å². The molecule has 3 unspecified atom stereocenters. The highest BCUT2D eigenvalue weighted by atomic mass is 35.5. The number of aryl methyl sites for hydroxylation is 2. The van der Waals surface area contributed by atoms with Gasteiger partial charge in [0, 0.05) is 18.5 Å². The van der Waals surface area contributed by atoms with Crippen LogP contribution >= 0.6 is 23.2 Å². The minimum absolute atomic E-state index is 0.0151. The van der Waals surface area contributed by atoms with Crippen LogP contribution in [0.1, 0.15) is 56.0 Å². The number of benzene rings is 2. The lowest BCUT2D eigenvalue weighted by atomic mass is 9.80. The van der Waals surface area contributed by atoms with Crippen LogP contribution in [0.4, 0.5) is 4.39 Å². The summed E-state index contributed by atoms with van der Waals surface area (Å²) in [6.45, 7) is 3.30. The SMILES string of the molecule is C#CC1(COC(=O)c2ccc(C)cc2)OC(n2cc(F)c3c(Cl)nc(Cl)nc32)CC1c1cc(C)ccc1C(=O)O. The van der Waals surface area contributed by atoms with Gasteiger partial charge in [-0.3, -0.25) is 0 Å². The van der Waals surface area contributed by atoms with E-state index >= 15 is 0 Å². The van der Waals surface area contributed by atoms with E-state index in [2.05, 4.69) is 15.9 Å². The fraction of sp³-hybridized carbons (Fsp3) is 0.241. The number of fused-ring (bicyclic) bond motifs is 1. The fourth-order valence-corrected chi connectivity index (χ4v) is 5.45. The summed E-state index contributed by atoms with van der Waals surface area (Å²) in [5.74, 6) is -0.651. The van der Waals surface area contributed by atoms with Crippen LogP contribution in [0.5, 0.6) is 0 Å². The molecule has 0 amide bonds. The Morgan fingerprint density at radius 3 is 2.58 bits per heavy atom. The van der Waals surface area contributed by atoms with Gasteiger partial charge in [-0.15, -0.1) is 6.42 Å². The summed E-state index contributed by atoms with van der Waals surface area (Å²) in [4.78, 5) is 33.0. The van der Waals surface area contributed by atoms with Gasteiger partial charge in [-0.25, -0.2) is 19.0 Å². The molecule has 1 aliphatic rings. The number of aromatic carboxylic acids is 1. The normalized spacial score (nSPS) is 20.4. The first-order valence-corrected chi connectivity index (χ1v) is 12.9.